The molecule has 0 unspecified atom stereocenters. The molecule has 35 heavy (non-hydrogen) atoms. The highest BCUT2D eigenvalue weighted by molar-refractivity contribution is 5.92. The number of phenols is 2. The lowest BCUT2D eigenvalue weighted by Crippen LogP contribution is -2.05. The Bertz CT molecular complexity index is 1410. The van der Waals surface area contributed by atoms with E-state index in [0.29, 0.717) is 27.8 Å². The largest absolute Gasteiger partial charge is 0.507 e. The molecule has 0 fully saturated rings. The maximum absolute atomic E-state index is 11.9. The topological polar surface area (TPSA) is 132 Å². The maximum atomic E-state index is 11.9. The molecule has 0 saturated heterocycles. The number of hydrogen-bond acceptors (Lipinski definition) is 9. The van der Waals surface area contributed by atoms with Gasteiger partial charge in [-0.05, 0) is 48.9 Å². The Balaban J connectivity index is 1.92. The molecule has 9 heteroatoms. The van der Waals surface area contributed by atoms with E-state index in [1.807, 2.05) is 0 Å². The first kappa shape index (κ1) is 23.4. The minimum atomic E-state index is -0.591. The summed E-state index contributed by atoms with van der Waals surface area (Å²) in [6, 6.07) is 15.9. The van der Waals surface area contributed by atoms with Crippen molar-refractivity contribution in [2.45, 2.75) is 6.92 Å². The fourth-order valence-corrected chi connectivity index (χ4v) is 3.57. The highest BCUT2D eigenvalue weighted by atomic mass is 16.5. The van der Waals surface area contributed by atoms with Crippen molar-refractivity contribution in [2.75, 3.05) is 14.2 Å². The van der Waals surface area contributed by atoms with Gasteiger partial charge in [0, 0.05) is 5.56 Å². The Morgan fingerprint density at radius 3 is 1.94 bits per heavy atom. The van der Waals surface area contributed by atoms with Crippen molar-refractivity contribution in [2.24, 2.45) is 0 Å². The predicted octanol–water partition coefficient (Wildman–Crippen LogP) is 4.17. The highest BCUT2D eigenvalue weighted by Crippen LogP contribution is 2.35. The van der Waals surface area contributed by atoms with Gasteiger partial charge in [-0.25, -0.2) is 24.5 Å². The number of aromatic hydroxyl groups is 2. The number of aromatic nitrogens is 3. The molecular weight excluding hydrogens is 450 g/mol. The first-order valence-electron chi connectivity index (χ1n) is 10.5. The summed E-state index contributed by atoms with van der Waals surface area (Å²) in [6.45, 7) is 1.70. The highest BCUT2D eigenvalue weighted by Gasteiger charge is 2.20. The van der Waals surface area contributed by atoms with Crippen molar-refractivity contribution >= 4 is 11.9 Å². The minimum Gasteiger partial charge on any atom is -0.507 e. The van der Waals surface area contributed by atoms with Gasteiger partial charge in [-0.1, -0.05) is 24.3 Å². The third kappa shape index (κ3) is 4.65. The van der Waals surface area contributed by atoms with Crippen molar-refractivity contribution in [3.05, 3.63) is 77.4 Å². The average molecular weight is 471 g/mol. The fraction of sp³-hybridized carbons (Fsp3) is 0.115. The van der Waals surface area contributed by atoms with Crippen LogP contribution in [0.5, 0.6) is 11.5 Å². The third-order valence-electron chi connectivity index (χ3n) is 5.30. The molecule has 0 atom stereocenters. The predicted molar refractivity (Wildman–Crippen MR) is 127 cm³/mol. The molecule has 3 aromatic carbocycles. The second kappa shape index (κ2) is 9.60. The van der Waals surface area contributed by atoms with E-state index >= 15 is 0 Å². The zero-order chi connectivity index (χ0) is 25.1. The van der Waals surface area contributed by atoms with Crippen LogP contribution in [0.4, 0.5) is 0 Å². The standard InChI is InChI=1S/C26H21N3O6/c1-14-12-17(26(33)35-3)13-20(31)21(14)24-28-22(15-8-10-16(11-9-15)25(32)34-2)27-23(29-24)18-6-4-5-7-19(18)30/h4-13,30-31H,1-3H3. The molecule has 0 spiro atoms. The number of benzene rings is 3. The van der Waals surface area contributed by atoms with E-state index in [9.17, 15) is 19.8 Å². The van der Waals surface area contributed by atoms with Crippen LogP contribution < -0.4 is 0 Å². The molecule has 4 aromatic rings. The van der Waals surface area contributed by atoms with Crippen LogP contribution in [0.1, 0.15) is 26.3 Å². The van der Waals surface area contributed by atoms with Crippen molar-refractivity contribution in [3.8, 4) is 45.7 Å². The molecule has 176 valence electrons. The van der Waals surface area contributed by atoms with E-state index in [0.717, 1.165) is 0 Å². The molecule has 0 bridgehead atoms. The van der Waals surface area contributed by atoms with Gasteiger partial charge in [-0.15, -0.1) is 0 Å². The Morgan fingerprint density at radius 2 is 1.31 bits per heavy atom. The van der Waals surface area contributed by atoms with Crippen molar-refractivity contribution in [1.29, 1.82) is 0 Å². The molecule has 0 radical (unpaired) electrons. The van der Waals surface area contributed by atoms with Gasteiger partial charge >= 0.3 is 11.9 Å². The van der Waals surface area contributed by atoms with Gasteiger partial charge in [0.05, 0.1) is 36.5 Å². The summed E-state index contributed by atoms with van der Waals surface area (Å²) >= 11 is 0. The van der Waals surface area contributed by atoms with Crippen LogP contribution in [-0.4, -0.2) is 51.3 Å². The lowest BCUT2D eigenvalue weighted by molar-refractivity contribution is 0.0591. The summed E-state index contributed by atoms with van der Waals surface area (Å²) in [5.74, 6) is -0.750. The monoisotopic (exact) mass is 471 g/mol. The quantitative estimate of drug-likeness (QED) is 0.412. The fourth-order valence-electron chi connectivity index (χ4n) is 3.57. The smallest absolute Gasteiger partial charge is 0.337 e. The van der Waals surface area contributed by atoms with Crippen LogP contribution in [0.2, 0.25) is 0 Å². The van der Waals surface area contributed by atoms with Gasteiger partial charge in [0.15, 0.2) is 17.5 Å². The molecule has 1 aromatic heterocycles. The molecule has 0 aliphatic heterocycles. The average Bonchev–Trinajstić information content (AvgIpc) is 2.87. The number of ether oxygens (including phenoxy) is 2. The van der Waals surface area contributed by atoms with Crippen molar-refractivity contribution in [3.63, 3.8) is 0 Å². The van der Waals surface area contributed by atoms with Crippen LogP contribution >= 0.6 is 0 Å². The molecule has 1 heterocycles. The van der Waals surface area contributed by atoms with E-state index in [2.05, 4.69) is 15.0 Å². The molecule has 9 nitrogen and oxygen atoms in total. The number of esters is 2. The Labute approximate surface area is 200 Å². The van der Waals surface area contributed by atoms with Crippen molar-refractivity contribution < 1.29 is 29.3 Å². The second-order valence-electron chi connectivity index (χ2n) is 7.57. The molecule has 0 saturated carbocycles. The van der Waals surface area contributed by atoms with E-state index < -0.39 is 11.9 Å². The number of nitrogens with zero attached hydrogens (tertiary/aromatic N) is 3. The molecule has 2 N–H and O–H groups in total. The number of para-hydroxylation sites is 1. The lowest BCUT2D eigenvalue weighted by Gasteiger charge is -2.13. The molecular formula is C26H21N3O6. The minimum absolute atomic E-state index is 0.0291. The van der Waals surface area contributed by atoms with Crippen LogP contribution in [0.15, 0.2) is 60.7 Å². The Hall–Kier alpha value is -4.79. The zero-order valence-corrected chi connectivity index (χ0v) is 19.1. The molecule has 0 amide bonds. The number of aryl methyl sites for hydroxylation is 1. The van der Waals surface area contributed by atoms with Gasteiger partial charge in [0.25, 0.3) is 0 Å². The Morgan fingerprint density at radius 1 is 0.714 bits per heavy atom. The summed E-state index contributed by atoms with van der Waals surface area (Å²) in [6.07, 6.45) is 0. The van der Waals surface area contributed by atoms with Gasteiger partial charge in [-0.2, -0.15) is 0 Å². The first-order chi connectivity index (χ1) is 16.8. The number of carbonyl (C=O) groups excluding carboxylic acids is 2. The lowest BCUT2D eigenvalue weighted by atomic mass is 10.0. The van der Waals surface area contributed by atoms with Gasteiger partial charge in [0.1, 0.15) is 11.5 Å². The number of methoxy groups -OCH3 is 2. The maximum Gasteiger partial charge on any atom is 0.337 e. The van der Waals surface area contributed by atoms with Gasteiger partial charge < -0.3 is 19.7 Å². The summed E-state index contributed by atoms with van der Waals surface area (Å²) in [5.41, 5.74) is 2.31. The second-order valence-corrected chi connectivity index (χ2v) is 7.57. The van der Waals surface area contributed by atoms with Gasteiger partial charge in [0.2, 0.25) is 0 Å². The normalized spacial score (nSPS) is 10.6. The SMILES string of the molecule is COC(=O)c1ccc(-c2nc(-c3ccccc3O)nc(-c3c(C)cc(C(=O)OC)cc3O)n2)cc1. The number of carbonyl (C=O) groups is 2. The van der Waals surface area contributed by atoms with Gasteiger partial charge in [-0.3, -0.25) is 0 Å². The summed E-state index contributed by atoms with van der Waals surface area (Å²) in [7, 11) is 2.55. The first-order valence-corrected chi connectivity index (χ1v) is 10.5. The van der Waals surface area contributed by atoms with Crippen LogP contribution in [0.3, 0.4) is 0 Å². The number of phenolic OH excluding ortho intramolecular Hbond substituents is 2. The molecule has 4 rings (SSSR count). The summed E-state index contributed by atoms with van der Waals surface area (Å²) in [5, 5.41) is 21.2. The summed E-state index contributed by atoms with van der Waals surface area (Å²) in [4.78, 5) is 37.3. The molecule has 0 aliphatic rings. The van der Waals surface area contributed by atoms with E-state index in [4.69, 9.17) is 9.47 Å². The van der Waals surface area contributed by atoms with Crippen LogP contribution in [0, 0.1) is 6.92 Å². The van der Waals surface area contributed by atoms with Crippen LogP contribution in [-0.2, 0) is 9.47 Å². The Kier molecular flexibility index (Phi) is 6.41. The van der Waals surface area contributed by atoms with E-state index in [1.165, 1.54) is 26.4 Å². The van der Waals surface area contributed by atoms with Crippen LogP contribution in [0.25, 0.3) is 34.2 Å². The van der Waals surface area contributed by atoms with Crippen molar-refractivity contribution in [1.82, 2.24) is 15.0 Å². The third-order valence-corrected chi connectivity index (χ3v) is 5.30. The number of hydrogen-bond donors (Lipinski definition) is 2. The number of rotatable bonds is 5. The molecule has 0 aliphatic carbocycles. The summed E-state index contributed by atoms with van der Waals surface area (Å²) < 4.78 is 9.48. The van der Waals surface area contributed by atoms with E-state index in [-0.39, 0.29) is 34.5 Å². The van der Waals surface area contributed by atoms with E-state index in [1.54, 1.807) is 55.5 Å². The zero-order valence-electron chi connectivity index (χ0n) is 19.1.